The van der Waals surface area contributed by atoms with E-state index in [-0.39, 0.29) is 39.7 Å². The first-order valence-electron chi connectivity index (χ1n) is 10.4. The molecule has 1 saturated heterocycles. The van der Waals surface area contributed by atoms with Crippen molar-refractivity contribution in [3.8, 4) is 0 Å². The number of carboxylic acid groups (broad SMARTS) is 1. The molecule has 0 amide bonds. The molecule has 6 nitrogen and oxygen atoms in total. The molecule has 2 aromatic rings. The van der Waals surface area contributed by atoms with Crippen LogP contribution in [0.3, 0.4) is 0 Å². The van der Waals surface area contributed by atoms with E-state index in [4.69, 9.17) is 0 Å². The Kier molecular flexibility index (Phi) is 4.07. The number of carboxylic acids is 1. The van der Waals surface area contributed by atoms with Crippen molar-refractivity contribution in [1.29, 1.82) is 0 Å². The van der Waals surface area contributed by atoms with Crippen LogP contribution in [0.5, 0.6) is 0 Å². The van der Waals surface area contributed by atoms with Crippen molar-refractivity contribution in [1.82, 2.24) is 9.47 Å². The Morgan fingerprint density at radius 2 is 1.90 bits per heavy atom. The molecule has 1 spiro atoms. The minimum Gasteiger partial charge on any atom is -0.477 e. The summed E-state index contributed by atoms with van der Waals surface area (Å²) >= 11 is 0. The van der Waals surface area contributed by atoms with Gasteiger partial charge in [0.1, 0.15) is 11.3 Å². The molecule has 1 atom stereocenters. The van der Waals surface area contributed by atoms with Crippen molar-refractivity contribution in [3.05, 3.63) is 39.2 Å². The summed E-state index contributed by atoms with van der Waals surface area (Å²) in [4.78, 5) is 28.3. The van der Waals surface area contributed by atoms with E-state index in [1.54, 1.807) is 4.90 Å². The minimum atomic E-state index is -1.38. The number of aromatic nitrogens is 1. The monoisotopic (exact) mass is 417 g/mol. The number of hydrogen-bond donors (Lipinski definition) is 1. The molecule has 0 radical (unpaired) electrons. The number of rotatable bonds is 4. The molecule has 3 aliphatic rings. The largest absolute Gasteiger partial charge is 0.477 e. The number of aromatic carboxylic acids is 1. The number of likely N-dealkylation sites (N-methyl/N-ethyl adjacent to an activating group) is 1. The van der Waals surface area contributed by atoms with Gasteiger partial charge in [0.2, 0.25) is 5.43 Å². The first kappa shape index (κ1) is 19.5. The van der Waals surface area contributed by atoms with Crippen molar-refractivity contribution in [3.63, 3.8) is 0 Å². The molecule has 30 heavy (non-hydrogen) atoms. The Morgan fingerprint density at radius 1 is 1.23 bits per heavy atom. The number of anilines is 1. The lowest BCUT2D eigenvalue weighted by Crippen LogP contribution is -2.36. The van der Waals surface area contributed by atoms with Gasteiger partial charge in [0.25, 0.3) is 0 Å². The third kappa shape index (κ3) is 2.62. The molecule has 1 aliphatic heterocycles. The quantitative estimate of drug-likeness (QED) is 0.828. The molecule has 160 valence electrons. The van der Waals surface area contributed by atoms with E-state index in [1.807, 2.05) is 14.1 Å². The third-order valence-corrected chi connectivity index (χ3v) is 7.17. The molecule has 3 fully saturated rings. The molecule has 8 heteroatoms. The summed E-state index contributed by atoms with van der Waals surface area (Å²) in [6.45, 7) is 2.54. The predicted octanol–water partition coefficient (Wildman–Crippen LogP) is 3.15. The summed E-state index contributed by atoms with van der Waals surface area (Å²) < 4.78 is 33.0. The molecular weight excluding hydrogens is 392 g/mol. The van der Waals surface area contributed by atoms with E-state index in [2.05, 4.69) is 4.90 Å². The highest BCUT2D eigenvalue weighted by molar-refractivity contribution is 5.95. The molecular formula is C22H25F2N3O3. The zero-order valence-electron chi connectivity index (χ0n) is 17.3. The second-order valence-corrected chi connectivity index (χ2v) is 9.36. The number of carbonyl (C=O) groups is 1. The van der Waals surface area contributed by atoms with Crippen LogP contribution in [-0.4, -0.2) is 53.8 Å². The van der Waals surface area contributed by atoms with Gasteiger partial charge < -0.3 is 19.5 Å². The van der Waals surface area contributed by atoms with Gasteiger partial charge in [-0.3, -0.25) is 4.79 Å². The number of aryl methyl sites for hydroxylation is 1. The van der Waals surface area contributed by atoms with Crippen LogP contribution in [-0.2, 0) is 0 Å². The van der Waals surface area contributed by atoms with Crippen LogP contribution >= 0.6 is 0 Å². The molecule has 2 heterocycles. The maximum absolute atomic E-state index is 15.9. The molecule has 5 rings (SSSR count). The van der Waals surface area contributed by atoms with Crippen molar-refractivity contribution in [2.75, 3.05) is 32.1 Å². The highest BCUT2D eigenvalue weighted by Crippen LogP contribution is 2.55. The van der Waals surface area contributed by atoms with Gasteiger partial charge in [-0.2, -0.15) is 0 Å². The maximum Gasteiger partial charge on any atom is 0.341 e. The van der Waals surface area contributed by atoms with E-state index in [1.165, 1.54) is 17.7 Å². The van der Waals surface area contributed by atoms with Crippen LogP contribution in [0.2, 0.25) is 0 Å². The summed E-state index contributed by atoms with van der Waals surface area (Å²) in [5.74, 6) is -2.91. The van der Waals surface area contributed by atoms with Crippen molar-refractivity contribution >= 4 is 22.6 Å². The van der Waals surface area contributed by atoms with Gasteiger partial charge in [0.15, 0.2) is 11.6 Å². The summed E-state index contributed by atoms with van der Waals surface area (Å²) in [6, 6.07) is 0.147. The molecule has 2 saturated carbocycles. The fraction of sp³-hybridized carbons (Fsp3) is 0.545. The molecule has 2 aliphatic carbocycles. The lowest BCUT2D eigenvalue weighted by Gasteiger charge is -2.25. The summed E-state index contributed by atoms with van der Waals surface area (Å²) in [5.41, 5.74) is -1.26. The normalized spacial score (nSPS) is 22.5. The average Bonchev–Trinajstić information content (AvgIpc) is 3.58. The molecule has 1 aromatic heterocycles. The second kappa shape index (κ2) is 6.26. The van der Waals surface area contributed by atoms with Crippen molar-refractivity contribution in [2.24, 2.45) is 5.41 Å². The number of nitrogens with zero attached hydrogens (tertiary/aromatic N) is 3. The van der Waals surface area contributed by atoms with E-state index in [9.17, 15) is 14.7 Å². The standard InChI is InChI=1S/C22H25F2N3O3/c1-11-15-18(27(12-4-5-12)8-13(20(15)28)21(29)30)17(24)19(16(11)23)26-9-14(25(2)3)22(10-26)6-7-22/h8,12,14H,4-7,9-10H2,1-3H3,(H,29,30). The summed E-state index contributed by atoms with van der Waals surface area (Å²) in [7, 11) is 3.98. The fourth-order valence-electron chi connectivity index (χ4n) is 5.26. The van der Waals surface area contributed by atoms with Crippen molar-refractivity contribution in [2.45, 2.75) is 44.7 Å². The van der Waals surface area contributed by atoms with Gasteiger partial charge in [0.05, 0.1) is 10.9 Å². The smallest absolute Gasteiger partial charge is 0.341 e. The minimum absolute atomic E-state index is 0.0158. The predicted molar refractivity (Wildman–Crippen MR) is 109 cm³/mol. The van der Waals surface area contributed by atoms with Gasteiger partial charge in [-0.15, -0.1) is 0 Å². The van der Waals surface area contributed by atoms with Gasteiger partial charge >= 0.3 is 5.97 Å². The molecule has 1 unspecified atom stereocenters. The molecule has 1 aromatic carbocycles. The molecule has 1 N–H and O–H groups in total. The van der Waals surface area contributed by atoms with Crippen molar-refractivity contribution < 1.29 is 18.7 Å². The number of fused-ring (bicyclic) bond motifs is 1. The third-order valence-electron chi connectivity index (χ3n) is 7.17. The average molecular weight is 417 g/mol. The number of hydrogen-bond acceptors (Lipinski definition) is 4. The maximum atomic E-state index is 15.9. The Balaban J connectivity index is 1.76. The molecule has 0 bridgehead atoms. The van der Waals surface area contributed by atoms with E-state index >= 15 is 8.78 Å². The van der Waals surface area contributed by atoms with Crippen LogP contribution in [0.1, 0.15) is 47.6 Å². The lowest BCUT2D eigenvalue weighted by atomic mass is 10.0. The summed E-state index contributed by atoms with van der Waals surface area (Å²) in [6.07, 6.45) is 4.85. The van der Waals surface area contributed by atoms with Gasteiger partial charge in [-0.05, 0) is 46.7 Å². The van der Waals surface area contributed by atoms with Gasteiger partial charge in [-0.1, -0.05) is 0 Å². The fourth-order valence-corrected chi connectivity index (χ4v) is 5.26. The van der Waals surface area contributed by atoms with Gasteiger partial charge in [-0.25, -0.2) is 13.6 Å². The second-order valence-electron chi connectivity index (χ2n) is 9.36. The highest BCUT2D eigenvalue weighted by atomic mass is 19.1. The number of halogens is 2. The first-order valence-corrected chi connectivity index (χ1v) is 10.4. The highest BCUT2D eigenvalue weighted by Gasteiger charge is 2.56. The summed E-state index contributed by atoms with van der Waals surface area (Å²) in [5, 5.41) is 9.28. The van der Waals surface area contributed by atoms with Crippen LogP contribution in [0, 0.1) is 24.0 Å². The van der Waals surface area contributed by atoms with Crippen LogP contribution in [0.25, 0.3) is 10.9 Å². The van der Waals surface area contributed by atoms with Crippen LogP contribution in [0.15, 0.2) is 11.0 Å². The SMILES string of the molecule is Cc1c(F)c(N2CC(N(C)C)C3(CC3)C2)c(F)c2c1c(=O)c(C(=O)O)cn2C1CC1. The number of pyridine rings is 1. The van der Waals surface area contributed by atoms with E-state index < -0.39 is 28.6 Å². The zero-order valence-corrected chi connectivity index (χ0v) is 17.3. The van der Waals surface area contributed by atoms with E-state index in [0.29, 0.717) is 13.1 Å². The van der Waals surface area contributed by atoms with Crippen LogP contribution in [0.4, 0.5) is 14.5 Å². The number of benzene rings is 1. The zero-order chi connectivity index (χ0) is 21.5. The van der Waals surface area contributed by atoms with Gasteiger partial charge in [0, 0.05) is 42.3 Å². The first-order chi connectivity index (χ1) is 14.2. The Morgan fingerprint density at radius 3 is 2.40 bits per heavy atom. The van der Waals surface area contributed by atoms with E-state index in [0.717, 1.165) is 25.7 Å². The topological polar surface area (TPSA) is 65.8 Å². The Labute approximate surface area is 172 Å². The Hall–Kier alpha value is -2.48. The lowest BCUT2D eigenvalue weighted by molar-refractivity contribution is 0.0695. The Bertz CT molecular complexity index is 1150. The van der Waals surface area contributed by atoms with Crippen LogP contribution < -0.4 is 10.3 Å².